The molecule has 0 atom stereocenters. The Morgan fingerprint density at radius 1 is 0.951 bits per heavy atom. The van der Waals surface area contributed by atoms with Gasteiger partial charge in [-0.3, -0.25) is 19.2 Å². The highest BCUT2D eigenvalue weighted by Gasteiger charge is 2.26. The number of piperazine rings is 1. The smallest absolute Gasteiger partial charge is 0.261 e. The van der Waals surface area contributed by atoms with Gasteiger partial charge in [-0.15, -0.1) is 11.3 Å². The highest BCUT2D eigenvalue weighted by Crippen LogP contribution is 2.26. The maximum atomic E-state index is 13.6. The van der Waals surface area contributed by atoms with Crippen LogP contribution < -0.4 is 15.5 Å². The number of nitrogens with one attached hydrogen (secondary N) is 2. The molecule has 0 spiro atoms. The predicted octanol–water partition coefficient (Wildman–Crippen LogP) is 3.33. The molecule has 10 nitrogen and oxygen atoms in total. The van der Waals surface area contributed by atoms with Crippen LogP contribution >= 0.6 is 22.9 Å². The summed E-state index contributed by atoms with van der Waals surface area (Å²) < 4.78 is 5.70. The molecule has 41 heavy (non-hydrogen) atoms. The summed E-state index contributed by atoms with van der Waals surface area (Å²) in [4.78, 5) is 58.0. The molecule has 0 aliphatic carbocycles. The molecule has 214 valence electrons. The molecule has 3 aromatic rings. The Morgan fingerprint density at radius 3 is 2.39 bits per heavy atom. The van der Waals surface area contributed by atoms with E-state index in [2.05, 4.69) is 15.5 Å². The quantitative estimate of drug-likeness (QED) is 0.433. The van der Waals surface area contributed by atoms with Crippen molar-refractivity contribution >= 4 is 57.9 Å². The number of benzene rings is 2. The number of morpholine rings is 1. The van der Waals surface area contributed by atoms with E-state index in [4.69, 9.17) is 16.3 Å². The van der Waals surface area contributed by atoms with Crippen LogP contribution in [0, 0.1) is 0 Å². The van der Waals surface area contributed by atoms with Gasteiger partial charge in [0.1, 0.15) is 6.61 Å². The van der Waals surface area contributed by atoms with Crippen molar-refractivity contribution in [2.24, 2.45) is 0 Å². The lowest BCUT2D eigenvalue weighted by molar-refractivity contribution is -0.125. The number of likely N-dealkylation sites (N-methyl/N-ethyl adjacent to an activating group) is 1. The normalized spacial score (nSPS) is 16.0. The SMILES string of the molecule is CN1CCN(C(=O)c2cccc(CNC(=O)c3ccc(Cl)s3)c2NC(=O)c2ccc(N3CCOCC3=O)cc2)CC1. The van der Waals surface area contributed by atoms with Gasteiger partial charge in [-0.2, -0.15) is 0 Å². The molecule has 1 aromatic heterocycles. The Kier molecular flexibility index (Phi) is 8.99. The zero-order chi connectivity index (χ0) is 28.9. The summed E-state index contributed by atoms with van der Waals surface area (Å²) >= 11 is 7.15. The topological polar surface area (TPSA) is 111 Å². The van der Waals surface area contributed by atoms with E-state index in [0.717, 1.165) is 13.1 Å². The van der Waals surface area contributed by atoms with Crippen LogP contribution in [0.2, 0.25) is 4.34 Å². The molecule has 2 aromatic carbocycles. The minimum absolute atomic E-state index is 0.0270. The summed E-state index contributed by atoms with van der Waals surface area (Å²) in [6.45, 7) is 3.67. The fraction of sp³-hybridized carbons (Fsp3) is 0.310. The van der Waals surface area contributed by atoms with Crippen LogP contribution in [0.4, 0.5) is 11.4 Å². The molecule has 2 fully saturated rings. The number of halogens is 1. The Hall–Kier alpha value is -3.77. The van der Waals surface area contributed by atoms with Gasteiger partial charge in [-0.05, 0) is 55.1 Å². The van der Waals surface area contributed by atoms with Crippen LogP contribution in [0.1, 0.15) is 36.0 Å². The first-order chi connectivity index (χ1) is 19.8. The van der Waals surface area contributed by atoms with Crippen LogP contribution in [-0.2, 0) is 16.1 Å². The van der Waals surface area contributed by atoms with E-state index in [1.54, 1.807) is 64.4 Å². The molecule has 5 rings (SSSR count). The van der Waals surface area contributed by atoms with E-state index in [1.165, 1.54) is 11.3 Å². The Labute approximate surface area is 246 Å². The number of nitrogens with zero attached hydrogens (tertiary/aromatic N) is 3. The van der Waals surface area contributed by atoms with Crippen molar-refractivity contribution in [1.29, 1.82) is 0 Å². The average molecular weight is 596 g/mol. The Balaban J connectivity index is 1.39. The van der Waals surface area contributed by atoms with Gasteiger partial charge < -0.3 is 30.1 Å². The monoisotopic (exact) mass is 595 g/mol. The van der Waals surface area contributed by atoms with Crippen LogP contribution in [-0.4, -0.2) is 86.4 Å². The molecule has 0 radical (unpaired) electrons. The van der Waals surface area contributed by atoms with Gasteiger partial charge in [0, 0.05) is 50.5 Å². The fourth-order valence-corrected chi connectivity index (χ4v) is 5.68. The number of hydrogen-bond acceptors (Lipinski definition) is 7. The first-order valence-electron chi connectivity index (χ1n) is 13.2. The predicted molar refractivity (Wildman–Crippen MR) is 158 cm³/mol. The second kappa shape index (κ2) is 12.8. The molecule has 2 N–H and O–H groups in total. The summed E-state index contributed by atoms with van der Waals surface area (Å²) in [6, 6.07) is 15.2. The molecule has 2 aliphatic heterocycles. The van der Waals surface area contributed by atoms with Crippen molar-refractivity contribution in [2.75, 3.05) is 63.2 Å². The van der Waals surface area contributed by atoms with Gasteiger partial charge >= 0.3 is 0 Å². The van der Waals surface area contributed by atoms with Crippen molar-refractivity contribution < 1.29 is 23.9 Å². The molecule has 3 heterocycles. The van der Waals surface area contributed by atoms with E-state index in [9.17, 15) is 19.2 Å². The maximum Gasteiger partial charge on any atom is 0.261 e. The third-order valence-corrected chi connectivity index (χ3v) is 8.30. The van der Waals surface area contributed by atoms with Crippen LogP contribution in [0.15, 0.2) is 54.6 Å². The Morgan fingerprint density at radius 2 is 1.71 bits per heavy atom. The minimum Gasteiger partial charge on any atom is -0.370 e. The number of carbonyl (C=O) groups excluding carboxylic acids is 4. The summed E-state index contributed by atoms with van der Waals surface area (Å²) in [5, 5.41) is 5.80. The largest absolute Gasteiger partial charge is 0.370 e. The van der Waals surface area contributed by atoms with Crippen LogP contribution in [0.25, 0.3) is 0 Å². The molecule has 2 saturated heterocycles. The minimum atomic E-state index is -0.416. The van der Waals surface area contributed by atoms with E-state index in [-0.39, 0.29) is 30.9 Å². The number of amides is 4. The van der Waals surface area contributed by atoms with Gasteiger partial charge in [-0.1, -0.05) is 23.7 Å². The number of hydrogen-bond donors (Lipinski definition) is 2. The standard InChI is InChI=1S/C29H30ClN5O5S/c1-33-11-13-34(14-12-33)29(39)22-4-2-3-20(17-31-28(38)23-9-10-24(30)41-23)26(22)32-27(37)19-5-7-21(8-6-19)35-15-16-40-18-25(35)36/h2-10H,11-18H2,1H3,(H,31,38)(H,32,37). The molecular formula is C29H30ClN5O5S. The van der Waals surface area contributed by atoms with Crippen LogP contribution in [0.5, 0.6) is 0 Å². The number of thiophene rings is 1. The number of carbonyl (C=O) groups is 4. The molecule has 4 amide bonds. The molecule has 12 heteroatoms. The molecular weight excluding hydrogens is 566 g/mol. The summed E-state index contributed by atoms with van der Waals surface area (Å²) in [7, 11) is 2.01. The number of para-hydroxylation sites is 1. The lowest BCUT2D eigenvalue weighted by Crippen LogP contribution is -2.47. The third kappa shape index (κ3) is 6.76. The van der Waals surface area contributed by atoms with Crippen molar-refractivity contribution in [1.82, 2.24) is 15.1 Å². The second-order valence-electron chi connectivity index (χ2n) is 9.82. The van der Waals surface area contributed by atoms with E-state index >= 15 is 0 Å². The maximum absolute atomic E-state index is 13.6. The first kappa shape index (κ1) is 28.7. The molecule has 0 bridgehead atoms. The van der Waals surface area contributed by atoms with Crippen molar-refractivity contribution in [3.63, 3.8) is 0 Å². The zero-order valence-corrected chi connectivity index (χ0v) is 24.1. The Bertz CT molecular complexity index is 1450. The summed E-state index contributed by atoms with van der Waals surface area (Å²) in [5.41, 5.74) is 2.32. The van der Waals surface area contributed by atoms with Gasteiger partial charge in [0.05, 0.1) is 27.1 Å². The van der Waals surface area contributed by atoms with Crippen molar-refractivity contribution in [3.05, 3.63) is 80.5 Å². The van der Waals surface area contributed by atoms with Gasteiger partial charge in [0.25, 0.3) is 23.6 Å². The zero-order valence-electron chi connectivity index (χ0n) is 22.5. The van der Waals surface area contributed by atoms with E-state index < -0.39 is 5.91 Å². The lowest BCUT2D eigenvalue weighted by Gasteiger charge is -2.33. The van der Waals surface area contributed by atoms with E-state index in [0.29, 0.717) is 63.5 Å². The summed E-state index contributed by atoms with van der Waals surface area (Å²) in [5.74, 6) is -1.04. The molecule has 2 aliphatic rings. The third-order valence-electron chi connectivity index (χ3n) is 7.07. The summed E-state index contributed by atoms with van der Waals surface area (Å²) in [6.07, 6.45) is 0. The highest BCUT2D eigenvalue weighted by molar-refractivity contribution is 7.18. The molecule has 0 unspecified atom stereocenters. The lowest BCUT2D eigenvalue weighted by atomic mass is 10.0. The van der Waals surface area contributed by atoms with Crippen molar-refractivity contribution in [3.8, 4) is 0 Å². The number of rotatable bonds is 7. The number of ether oxygens (including phenoxy) is 1. The van der Waals surface area contributed by atoms with Gasteiger partial charge in [-0.25, -0.2) is 0 Å². The fourth-order valence-electron chi connectivity index (χ4n) is 4.72. The van der Waals surface area contributed by atoms with Gasteiger partial charge in [0.15, 0.2) is 0 Å². The highest BCUT2D eigenvalue weighted by atomic mass is 35.5. The van der Waals surface area contributed by atoms with Crippen molar-refractivity contribution in [2.45, 2.75) is 6.54 Å². The average Bonchev–Trinajstić information content (AvgIpc) is 3.43. The van der Waals surface area contributed by atoms with E-state index in [1.807, 2.05) is 7.05 Å². The first-order valence-corrected chi connectivity index (χ1v) is 14.4. The van der Waals surface area contributed by atoms with Crippen LogP contribution in [0.3, 0.4) is 0 Å². The van der Waals surface area contributed by atoms with Gasteiger partial charge in [0.2, 0.25) is 0 Å². The second-order valence-corrected chi connectivity index (χ2v) is 11.5. The number of anilines is 2. The molecule has 0 saturated carbocycles.